The van der Waals surface area contributed by atoms with Crippen molar-refractivity contribution >= 4 is 11.3 Å². The Balaban J connectivity index is 1.85. The normalized spacial score (nSPS) is 20.5. The quantitative estimate of drug-likeness (QED) is 0.803. The lowest BCUT2D eigenvalue weighted by atomic mass is 9.90. The third-order valence-electron chi connectivity index (χ3n) is 3.55. The van der Waals surface area contributed by atoms with E-state index in [-0.39, 0.29) is 0 Å². The number of rotatable bonds is 3. The first-order valence-corrected chi connectivity index (χ1v) is 6.88. The number of hydrogen-bond donors (Lipinski definition) is 0. The minimum absolute atomic E-state index is 0.424. The van der Waals surface area contributed by atoms with Crippen molar-refractivity contribution in [1.29, 1.82) is 5.26 Å². The van der Waals surface area contributed by atoms with Gasteiger partial charge in [-0.25, -0.2) is 0 Å². The van der Waals surface area contributed by atoms with Gasteiger partial charge in [0, 0.05) is 6.04 Å². The lowest BCUT2D eigenvalue weighted by Gasteiger charge is -2.35. The van der Waals surface area contributed by atoms with E-state index >= 15 is 0 Å². The summed E-state index contributed by atoms with van der Waals surface area (Å²) in [7, 11) is 0. The number of hydrogen-bond acceptors (Lipinski definition) is 3. The predicted molar refractivity (Wildman–Crippen MR) is 67.6 cm³/mol. The Hall–Kier alpha value is -0.850. The first-order valence-electron chi connectivity index (χ1n) is 5.94. The van der Waals surface area contributed by atoms with Crippen LogP contribution in [0.25, 0.3) is 0 Å². The van der Waals surface area contributed by atoms with Gasteiger partial charge in [-0.05, 0) is 61.2 Å². The van der Waals surface area contributed by atoms with Crippen molar-refractivity contribution in [3.05, 3.63) is 22.4 Å². The largest absolute Gasteiger partial charge is 0.300 e. The number of nitrogens with zero attached hydrogens (tertiary/aromatic N) is 2. The summed E-state index contributed by atoms with van der Waals surface area (Å²) in [5.74, 6) is 0.747. The Morgan fingerprint density at radius 3 is 2.88 bits per heavy atom. The molecule has 1 fully saturated rings. The van der Waals surface area contributed by atoms with Crippen LogP contribution in [0.1, 0.15) is 37.7 Å². The van der Waals surface area contributed by atoms with Gasteiger partial charge >= 0.3 is 0 Å². The lowest BCUT2D eigenvalue weighted by molar-refractivity contribution is 0.163. The molecule has 2 nitrogen and oxygen atoms in total. The van der Waals surface area contributed by atoms with Gasteiger partial charge in [-0.3, -0.25) is 4.90 Å². The summed E-state index contributed by atoms with van der Waals surface area (Å²) < 4.78 is 0. The Bertz CT molecular complexity index is 345. The molecular weight excluding hydrogens is 216 g/mol. The fourth-order valence-corrected chi connectivity index (χ4v) is 3.18. The molecule has 0 bridgehead atoms. The highest BCUT2D eigenvalue weighted by Gasteiger charge is 2.23. The smallest absolute Gasteiger partial charge is 0.0638 e. The molecule has 16 heavy (non-hydrogen) atoms. The summed E-state index contributed by atoms with van der Waals surface area (Å²) in [6.45, 7) is 4.45. The molecule has 0 saturated carbocycles. The first-order chi connectivity index (χ1) is 7.81. The maximum absolute atomic E-state index is 8.69. The van der Waals surface area contributed by atoms with E-state index in [9.17, 15) is 0 Å². The Morgan fingerprint density at radius 2 is 2.31 bits per heavy atom. The summed E-state index contributed by atoms with van der Waals surface area (Å²) in [5.41, 5.74) is 1.51. The highest BCUT2D eigenvalue weighted by Crippen LogP contribution is 2.30. The second-order valence-electron chi connectivity index (χ2n) is 4.58. The molecule has 0 unspecified atom stereocenters. The van der Waals surface area contributed by atoms with Crippen LogP contribution in [0.3, 0.4) is 0 Å². The molecule has 86 valence electrons. The topological polar surface area (TPSA) is 27.0 Å². The van der Waals surface area contributed by atoms with Crippen LogP contribution in [-0.4, -0.2) is 24.0 Å². The molecule has 2 heterocycles. The van der Waals surface area contributed by atoms with Gasteiger partial charge in [-0.2, -0.15) is 16.6 Å². The van der Waals surface area contributed by atoms with Crippen molar-refractivity contribution in [2.45, 2.75) is 38.1 Å². The monoisotopic (exact) mass is 234 g/mol. The molecule has 3 heteroatoms. The minimum atomic E-state index is 0.424. The van der Waals surface area contributed by atoms with Gasteiger partial charge in [0.2, 0.25) is 0 Å². The molecule has 0 amide bonds. The van der Waals surface area contributed by atoms with E-state index in [0.29, 0.717) is 12.5 Å². The highest BCUT2D eigenvalue weighted by atomic mass is 32.1. The Kier molecular flexibility index (Phi) is 3.98. The van der Waals surface area contributed by atoms with Crippen LogP contribution in [0.2, 0.25) is 0 Å². The van der Waals surface area contributed by atoms with Crippen LogP contribution in [-0.2, 0) is 0 Å². The first kappa shape index (κ1) is 11.6. The Morgan fingerprint density at radius 1 is 1.56 bits per heavy atom. The van der Waals surface area contributed by atoms with Gasteiger partial charge in [0.1, 0.15) is 0 Å². The molecule has 1 aromatic rings. The SMILES string of the molecule is C[C@@H](CC#N)N1CCC(c2ccsc2)CC1. The van der Waals surface area contributed by atoms with Gasteiger partial charge in [0.25, 0.3) is 0 Å². The molecule has 1 aliphatic rings. The molecule has 1 saturated heterocycles. The van der Waals surface area contributed by atoms with Crippen LogP contribution in [0.15, 0.2) is 16.8 Å². The lowest BCUT2D eigenvalue weighted by Crippen LogP contribution is -2.39. The molecule has 2 rings (SSSR count). The molecular formula is C13H18N2S. The number of nitriles is 1. The van der Waals surface area contributed by atoms with Crippen molar-refractivity contribution in [2.75, 3.05) is 13.1 Å². The summed E-state index contributed by atoms with van der Waals surface area (Å²) >= 11 is 1.79. The van der Waals surface area contributed by atoms with E-state index in [1.165, 1.54) is 18.4 Å². The van der Waals surface area contributed by atoms with Gasteiger partial charge in [0.05, 0.1) is 12.5 Å². The summed E-state index contributed by atoms with van der Waals surface area (Å²) in [4.78, 5) is 2.45. The maximum Gasteiger partial charge on any atom is 0.0638 e. The molecule has 1 aliphatic heterocycles. The van der Waals surface area contributed by atoms with E-state index in [2.05, 4.69) is 34.7 Å². The summed E-state index contributed by atoms with van der Waals surface area (Å²) in [6, 6.07) is 4.94. The third-order valence-corrected chi connectivity index (χ3v) is 4.26. The highest BCUT2D eigenvalue weighted by molar-refractivity contribution is 7.07. The molecule has 0 radical (unpaired) electrons. The summed E-state index contributed by atoms with van der Waals surface area (Å²) in [5, 5.41) is 13.1. The van der Waals surface area contributed by atoms with E-state index in [1.54, 1.807) is 11.3 Å². The predicted octanol–water partition coefficient (Wildman–Crippen LogP) is 3.23. The number of piperidine rings is 1. The average Bonchev–Trinajstić information content (AvgIpc) is 2.83. The minimum Gasteiger partial charge on any atom is -0.300 e. The fourth-order valence-electron chi connectivity index (χ4n) is 2.44. The molecule has 0 aromatic carbocycles. The molecule has 0 spiro atoms. The van der Waals surface area contributed by atoms with Crippen LogP contribution < -0.4 is 0 Å². The van der Waals surface area contributed by atoms with E-state index < -0.39 is 0 Å². The molecule has 1 atom stereocenters. The van der Waals surface area contributed by atoms with Crippen molar-refractivity contribution in [3.8, 4) is 6.07 Å². The van der Waals surface area contributed by atoms with E-state index in [4.69, 9.17) is 5.26 Å². The van der Waals surface area contributed by atoms with Gasteiger partial charge < -0.3 is 0 Å². The molecule has 0 N–H and O–H groups in total. The van der Waals surface area contributed by atoms with Crippen LogP contribution in [0.5, 0.6) is 0 Å². The van der Waals surface area contributed by atoms with Crippen molar-refractivity contribution in [2.24, 2.45) is 0 Å². The number of likely N-dealkylation sites (tertiary alicyclic amines) is 1. The average molecular weight is 234 g/mol. The Labute approximate surface area is 102 Å². The van der Waals surface area contributed by atoms with E-state index in [0.717, 1.165) is 19.0 Å². The van der Waals surface area contributed by atoms with Gasteiger partial charge in [-0.1, -0.05) is 0 Å². The van der Waals surface area contributed by atoms with Crippen molar-refractivity contribution < 1.29 is 0 Å². The standard InChI is InChI=1S/C13H18N2S/c1-11(2-6-14)15-7-3-12(4-8-15)13-5-9-16-10-13/h5,9-12H,2-4,7-8H2,1H3/t11-/m0/s1. The number of thiophene rings is 1. The van der Waals surface area contributed by atoms with E-state index in [1.807, 2.05) is 0 Å². The summed E-state index contributed by atoms with van der Waals surface area (Å²) in [6.07, 6.45) is 3.14. The zero-order valence-corrected chi connectivity index (χ0v) is 10.5. The van der Waals surface area contributed by atoms with Crippen LogP contribution >= 0.6 is 11.3 Å². The molecule has 1 aromatic heterocycles. The molecule has 0 aliphatic carbocycles. The van der Waals surface area contributed by atoms with Crippen molar-refractivity contribution in [1.82, 2.24) is 4.90 Å². The van der Waals surface area contributed by atoms with Crippen molar-refractivity contribution in [3.63, 3.8) is 0 Å². The second kappa shape index (κ2) is 5.47. The zero-order valence-electron chi connectivity index (χ0n) is 9.72. The third kappa shape index (κ3) is 2.63. The fraction of sp³-hybridized carbons (Fsp3) is 0.615. The van der Waals surface area contributed by atoms with Gasteiger partial charge in [0.15, 0.2) is 0 Å². The van der Waals surface area contributed by atoms with Crippen LogP contribution in [0, 0.1) is 11.3 Å². The second-order valence-corrected chi connectivity index (χ2v) is 5.36. The maximum atomic E-state index is 8.69. The van der Waals surface area contributed by atoms with Gasteiger partial charge in [-0.15, -0.1) is 0 Å². The van der Waals surface area contributed by atoms with Crippen LogP contribution in [0.4, 0.5) is 0 Å². The zero-order chi connectivity index (χ0) is 11.4.